The van der Waals surface area contributed by atoms with Gasteiger partial charge in [0.15, 0.2) is 5.96 Å². The van der Waals surface area contributed by atoms with Crippen molar-refractivity contribution in [3.8, 4) is 0 Å². The van der Waals surface area contributed by atoms with Crippen molar-refractivity contribution < 1.29 is 4.39 Å². The number of aromatic nitrogens is 1. The van der Waals surface area contributed by atoms with Gasteiger partial charge in [0.1, 0.15) is 5.82 Å². The van der Waals surface area contributed by atoms with E-state index >= 15 is 0 Å². The minimum atomic E-state index is -0.232. The maximum atomic E-state index is 13.8. The zero-order valence-corrected chi connectivity index (χ0v) is 15.1. The molecule has 2 aromatic rings. The Bertz CT molecular complexity index is 671. The van der Waals surface area contributed by atoms with Gasteiger partial charge in [0.05, 0.1) is 17.2 Å². The molecule has 1 heterocycles. The van der Waals surface area contributed by atoms with E-state index in [1.165, 1.54) is 6.07 Å². The van der Waals surface area contributed by atoms with Crippen LogP contribution in [-0.2, 0) is 13.1 Å². The highest BCUT2D eigenvalue weighted by Gasteiger charge is 2.10. The first-order valence-electron chi connectivity index (χ1n) is 6.76. The number of nitrogens with one attached hydrogen (secondary N) is 1. The Labute approximate surface area is 142 Å². The number of guanidine groups is 1. The SMILES string of the molecule is CN=C(NCc1cc(Br)ccc1F)N(C)Cc1csc(C)n1. The largest absolute Gasteiger partial charge is 0.352 e. The molecule has 0 bridgehead atoms. The Hall–Kier alpha value is -1.47. The molecule has 0 saturated carbocycles. The van der Waals surface area contributed by atoms with E-state index in [0.717, 1.165) is 15.2 Å². The van der Waals surface area contributed by atoms with Crippen molar-refractivity contribution in [3.05, 3.63) is 50.1 Å². The maximum Gasteiger partial charge on any atom is 0.194 e. The minimum absolute atomic E-state index is 0.232. The van der Waals surface area contributed by atoms with E-state index in [9.17, 15) is 4.39 Å². The summed E-state index contributed by atoms with van der Waals surface area (Å²) in [6.45, 7) is 3.01. The molecule has 0 amide bonds. The van der Waals surface area contributed by atoms with Crippen LogP contribution in [0.25, 0.3) is 0 Å². The molecule has 0 spiro atoms. The molecule has 0 saturated heterocycles. The summed E-state index contributed by atoms with van der Waals surface area (Å²) in [6.07, 6.45) is 0. The Morgan fingerprint density at radius 2 is 2.27 bits per heavy atom. The molecule has 0 radical (unpaired) electrons. The second-order valence-electron chi connectivity index (χ2n) is 4.85. The fourth-order valence-electron chi connectivity index (χ4n) is 2.04. The Morgan fingerprint density at radius 1 is 1.50 bits per heavy atom. The van der Waals surface area contributed by atoms with Crippen molar-refractivity contribution in [1.82, 2.24) is 15.2 Å². The van der Waals surface area contributed by atoms with Crippen LogP contribution >= 0.6 is 27.3 Å². The van der Waals surface area contributed by atoms with Gasteiger partial charge in [-0.1, -0.05) is 15.9 Å². The highest BCUT2D eigenvalue weighted by molar-refractivity contribution is 9.10. The van der Waals surface area contributed by atoms with E-state index in [-0.39, 0.29) is 5.82 Å². The number of hydrogen-bond acceptors (Lipinski definition) is 3. The second-order valence-corrected chi connectivity index (χ2v) is 6.83. The summed E-state index contributed by atoms with van der Waals surface area (Å²) in [5.41, 5.74) is 1.59. The standard InChI is InChI=1S/C15H18BrFN4S/c1-10-20-13(9-22-10)8-21(3)15(18-2)19-7-11-6-12(16)4-5-14(11)17/h4-6,9H,7-8H2,1-3H3,(H,18,19). The Kier molecular flexibility index (Phi) is 5.90. The fraction of sp³-hybridized carbons (Fsp3) is 0.333. The number of thiazole rings is 1. The average molecular weight is 385 g/mol. The summed E-state index contributed by atoms with van der Waals surface area (Å²) >= 11 is 4.98. The highest BCUT2D eigenvalue weighted by Crippen LogP contribution is 2.15. The van der Waals surface area contributed by atoms with Crippen LogP contribution in [0.2, 0.25) is 0 Å². The molecule has 0 fully saturated rings. The summed E-state index contributed by atoms with van der Waals surface area (Å²) in [4.78, 5) is 10.6. The number of halogens is 2. The molecule has 0 aliphatic rings. The van der Waals surface area contributed by atoms with Crippen LogP contribution in [0, 0.1) is 12.7 Å². The molecule has 118 valence electrons. The van der Waals surface area contributed by atoms with E-state index in [4.69, 9.17) is 0 Å². The molecule has 22 heavy (non-hydrogen) atoms. The zero-order valence-electron chi connectivity index (χ0n) is 12.7. The van der Waals surface area contributed by atoms with Gasteiger partial charge >= 0.3 is 0 Å². The van der Waals surface area contributed by atoms with Gasteiger partial charge in [0.2, 0.25) is 0 Å². The Balaban J connectivity index is 1.98. The first kappa shape index (κ1) is 16.9. The van der Waals surface area contributed by atoms with Gasteiger partial charge in [0, 0.05) is 36.1 Å². The molecule has 0 aliphatic heterocycles. The van der Waals surface area contributed by atoms with Crippen molar-refractivity contribution in [3.63, 3.8) is 0 Å². The Morgan fingerprint density at radius 3 is 2.91 bits per heavy atom. The van der Waals surface area contributed by atoms with Crippen LogP contribution in [0.3, 0.4) is 0 Å². The molecular formula is C15H18BrFN4S. The number of aliphatic imine (C=N–C) groups is 1. The summed E-state index contributed by atoms with van der Waals surface area (Å²) in [7, 11) is 3.64. The summed E-state index contributed by atoms with van der Waals surface area (Å²) in [5.74, 6) is 0.467. The van der Waals surface area contributed by atoms with Gasteiger partial charge in [-0.25, -0.2) is 9.37 Å². The fourth-order valence-corrected chi connectivity index (χ4v) is 3.05. The van der Waals surface area contributed by atoms with Crippen LogP contribution in [0.4, 0.5) is 4.39 Å². The van der Waals surface area contributed by atoms with Gasteiger partial charge in [-0.2, -0.15) is 0 Å². The van der Waals surface area contributed by atoms with Gasteiger partial charge < -0.3 is 10.2 Å². The first-order chi connectivity index (χ1) is 10.5. The average Bonchev–Trinajstić information content (AvgIpc) is 2.88. The number of rotatable bonds is 4. The van der Waals surface area contributed by atoms with Crippen LogP contribution in [0.5, 0.6) is 0 Å². The highest BCUT2D eigenvalue weighted by atomic mass is 79.9. The van der Waals surface area contributed by atoms with E-state index in [1.54, 1.807) is 30.5 Å². The lowest BCUT2D eigenvalue weighted by atomic mass is 10.2. The van der Waals surface area contributed by atoms with Crippen LogP contribution in [0.15, 0.2) is 33.0 Å². The first-order valence-corrected chi connectivity index (χ1v) is 8.43. The lowest BCUT2D eigenvalue weighted by molar-refractivity contribution is 0.469. The molecular weight excluding hydrogens is 367 g/mol. The molecule has 1 N–H and O–H groups in total. The molecule has 7 heteroatoms. The molecule has 0 unspecified atom stereocenters. The van der Waals surface area contributed by atoms with Crippen molar-refractivity contribution in [2.24, 2.45) is 4.99 Å². The van der Waals surface area contributed by atoms with Crippen molar-refractivity contribution in [1.29, 1.82) is 0 Å². The van der Waals surface area contributed by atoms with Gasteiger partial charge in [-0.15, -0.1) is 11.3 Å². The summed E-state index contributed by atoms with van der Waals surface area (Å²) in [5, 5.41) is 6.25. The summed E-state index contributed by atoms with van der Waals surface area (Å²) in [6, 6.07) is 4.90. The second kappa shape index (κ2) is 7.69. The normalized spacial score (nSPS) is 11.6. The summed E-state index contributed by atoms with van der Waals surface area (Å²) < 4.78 is 14.6. The molecule has 0 aliphatic carbocycles. The third-order valence-electron chi connectivity index (χ3n) is 3.08. The third-order valence-corrected chi connectivity index (χ3v) is 4.40. The molecule has 2 rings (SSSR count). The number of benzene rings is 1. The van der Waals surface area contributed by atoms with E-state index in [0.29, 0.717) is 24.6 Å². The van der Waals surface area contributed by atoms with Crippen molar-refractivity contribution >= 4 is 33.2 Å². The van der Waals surface area contributed by atoms with Crippen LogP contribution < -0.4 is 5.32 Å². The number of hydrogen-bond donors (Lipinski definition) is 1. The van der Waals surface area contributed by atoms with Crippen LogP contribution in [-0.4, -0.2) is 29.9 Å². The van der Waals surface area contributed by atoms with Crippen LogP contribution in [0.1, 0.15) is 16.3 Å². The van der Waals surface area contributed by atoms with Crippen molar-refractivity contribution in [2.45, 2.75) is 20.0 Å². The predicted molar refractivity (Wildman–Crippen MR) is 92.6 cm³/mol. The molecule has 1 aromatic carbocycles. The number of aryl methyl sites for hydroxylation is 1. The predicted octanol–water partition coefficient (Wildman–Crippen LogP) is 3.56. The third kappa shape index (κ3) is 4.51. The quantitative estimate of drug-likeness (QED) is 0.646. The monoisotopic (exact) mass is 384 g/mol. The van der Waals surface area contributed by atoms with Gasteiger partial charge in [-0.3, -0.25) is 4.99 Å². The zero-order chi connectivity index (χ0) is 16.1. The smallest absolute Gasteiger partial charge is 0.194 e. The van der Waals surface area contributed by atoms with Gasteiger partial charge in [0.25, 0.3) is 0 Å². The lowest BCUT2D eigenvalue weighted by Gasteiger charge is -2.21. The van der Waals surface area contributed by atoms with Gasteiger partial charge in [-0.05, 0) is 25.1 Å². The molecule has 1 aromatic heterocycles. The maximum absolute atomic E-state index is 13.8. The lowest BCUT2D eigenvalue weighted by Crippen LogP contribution is -2.38. The minimum Gasteiger partial charge on any atom is -0.352 e. The number of nitrogens with zero attached hydrogens (tertiary/aromatic N) is 3. The van der Waals surface area contributed by atoms with E-state index < -0.39 is 0 Å². The van der Waals surface area contributed by atoms with Crippen molar-refractivity contribution in [2.75, 3.05) is 14.1 Å². The topological polar surface area (TPSA) is 40.5 Å². The molecule has 0 atom stereocenters. The van der Waals surface area contributed by atoms with E-state index in [1.807, 2.05) is 24.3 Å². The molecule has 4 nitrogen and oxygen atoms in total. The van der Waals surface area contributed by atoms with E-state index in [2.05, 4.69) is 31.2 Å².